The van der Waals surface area contributed by atoms with E-state index in [4.69, 9.17) is 9.47 Å². The molecular weight excluding hydrogens is 247 g/mol. The van der Waals surface area contributed by atoms with Gasteiger partial charge in [0, 0.05) is 37.2 Å². The van der Waals surface area contributed by atoms with Gasteiger partial charge >= 0.3 is 0 Å². The zero-order valence-corrected chi connectivity index (χ0v) is 10.9. The van der Waals surface area contributed by atoms with Crippen molar-refractivity contribution in [3.8, 4) is 5.75 Å². The topological polar surface area (TPSA) is 38.7 Å². The summed E-state index contributed by atoms with van der Waals surface area (Å²) in [6.07, 6.45) is 3.32. The predicted octanol–water partition coefficient (Wildman–Crippen LogP) is 2.31. The first-order valence-electron chi connectivity index (χ1n) is 6.84. The number of aliphatic hydroxyl groups excluding tert-OH is 1. The van der Waals surface area contributed by atoms with E-state index in [1.165, 1.54) is 6.07 Å². The molecule has 0 aromatic heterocycles. The van der Waals surface area contributed by atoms with Crippen molar-refractivity contribution in [1.29, 1.82) is 0 Å². The van der Waals surface area contributed by atoms with Crippen molar-refractivity contribution in [2.75, 3.05) is 19.8 Å². The molecular formula is C15H19FO3. The van der Waals surface area contributed by atoms with Gasteiger partial charge in [0.15, 0.2) is 0 Å². The molecule has 3 rings (SSSR count). The monoisotopic (exact) mass is 266 g/mol. The molecule has 19 heavy (non-hydrogen) atoms. The van der Waals surface area contributed by atoms with Gasteiger partial charge in [-0.15, -0.1) is 0 Å². The van der Waals surface area contributed by atoms with Gasteiger partial charge in [0.25, 0.3) is 0 Å². The van der Waals surface area contributed by atoms with E-state index in [2.05, 4.69) is 0 Å². The molecule has 1 saturated heterocycles. The molecule has 1 atom stereocenters. The molecule has 0 bridgehead atoms. The number of hydrogen-bond acceptors (Lipinski definition) is 3. The van der Waals surface area contributed by atoms with Crippen LogP contribution in [-0.2, 0) is 11.2 Å². The second-order valence-corrected chi connectivity index (χ2v) is 5.67. The van der Waals surface area contributed by atoms with Gasteiger partial charge < -0.3 is 14.6 Å². The summed E-state index contributed by atoms with van der Waals surface area (Å²) in [6.45, 7) is 1.57. The van der Waals surface area contributed by atoms with Gasteiger partial charge in [-0.05, 0) is 37.5 Å². The van der Waals surface area contributed by atoms with Gasteiger partial charge in [-0.25, -0.2) is 4.39 Å². The lowest BCUT2D eigenvalue weighted by Crippen LogP contribution is -2.37. The highest BCUT2D eigenvalue weighted by molar-refractivity contribution is 5.37. The standard InChI is InChI=1S/C15H19FO3/c16-12-1-2-14-11(7-12)8-13(19-14)9-15(10-17)3-5-18-6-4-15/h1-2,7,13,17H,3-6,8-10H2. The molecule has 1 unspecified atom stereocenters. The van der Waals surface area contributed by atoms with E-state index in [0.29, 0.717) is 13.2 Å². The molecule has 104 valence electrons. The largest absolute Gasteiger partial charge is 0.490 e. The van der Waals surface area contributed by atoms with Crippen LogP contribution in [-0.4, -0.2) is 31.0 Å². The van der Waals surface area contributed by atoms with Crippen molar-refractivity contribution in [3.63, 3.8) is 0 Å². The smallest absolute Gasteiger partial charge is 0.123 e. The first kappa shape index (κ1) is 12.9. The number of rotatable bonds is 3. The summed E-state index contributed by atoms with van der Waals surface area (Å²) < 4.78 is 24.4. The minimum Gasteiger partial charge on any atom is -0.490 e. The van der Waals surface area contributed by atoms with E-state index in [-0.39, 0.29) is 23.9 Å². The van der Waals surface area contributed by atoms with Crippen molar-refractivity contribution in [1.82, 2.24) is 0 Å². The van der Waals surface area contributed by atoms with E-state index in [0.717, 1.165) is 37.0 Å². The third kappa shape index (κ3) is 2.60. The molecule has 2 aliphatic rings. The Bertz CT molecular complexity index is 455. The summed E-state index contributed by atoms with van der Waals surface area (Å²) in [7, 11) is 0. The van der Waals surface area contributed by atoms with Gasteiger partial charge in [-0.3, -0.25) is 0 Å². The van der Waals surface area contributed by atoms with Crippen LogP contribution in [0.25, 0.3) is 0 Å². The Hall–Kier alpha value is -1.13. The maximum atomic E-state index is 13.2. The van der Waals surface area contributed by atoms with Gasteiger partial charge in [0.1, 0.15) is 17.7 Å². The second kappa shape index (κ2) is 5.10. The van der Waals surface area contributed by atoms with Gasteiger partial charge in [0.2, 0.25) is 0 Å². The van der Waals surface area contributed by atoms with Crippen LogP contribution in [0.5, 0.6) is 5.75 Å². The number of ether oxygens (including phenoxy) is 2. The Morgan fingerprint density at radius 1 is 1.32 bits per heavy atom. The van der Waals surface area contributed by atoms with Crippen LogP contribution in [0.3, 0.4) is 0 Å². The minimum atomic E-state index is -0.217. The van der Waals surface area contributed by atoms with Crippen LogP contribution in [0.4, 0.5) is 4.39 Å². The Morgan fingerprint density at radius 2 is 2.11 bits per heavy atom. The minimum absolute atomic E-state index is 0.0436. The third-order valence-corrected chi connectivity index (χ3v) is 4.31. The van der Waals surface area contributed by atoms with Crippen molar-refractivity contribution >= 4 is 0 Å². The highest BCUT2D eigenvalue weighted by atomic mass is 19.1. The van der Waals surface area contributed by atoms with Crippen LogP contribution in [0.15, 0.2) is 18.2 Å². The number of fused-ring (bicyclic) bond motifs is 1. The number of hydrogen-bond donors (Lipinski definition) is 1. The van der Waals surface area contributed by atoms with E-state index in [1.807, 2.05) is 0 Å². The maximum absolute atomic E-state index is 13.2. The van der Waals surface area contributed by atoms with Gasteiger partial charge in [-0.1, -0.05) is 0 Å². The molecule has 2 heterocycles. The maximum Gasteiger partial charge on any atom is 0.123 e. The normalized spacial score (nSPS) is 24.8. The number of benzene rings is 1. The van der Waals surface area contributed by atoms with E-state index < -0.39 is 0 Å². The molecule has 3 nitrogen and oxygen atoms in total. The van der Waals surface area contributed by atoms with Crippen molar-refractivity contribution in [3.05, 3.63) is 29.6 Å². The van der Waals surface area contributed by atoms with Gasteiger partial charge in [-0.2, -0.15) is 0 Å². The van der Waals surface area contributed by atoms with Crippen molar-refractivity contribution in [2.24, 2.45) is 5.41 Å². The molecule has 1 aromatic carbocycles. The Morgan fingerprint density at radius 3 is 2.84 bits per heavy atom. The molecule has 0 saturated carbocycles. The average molecular weight is 266 g/mol. The van der Waals surface area contributed by atoms with E-state index >= 15 is 0 Å². The van der Waals surface area contributed by atoms with E-state index in [1.54, 1.807) is 12.1 Å². The van der Waals surface area contributed by atoms with E-state index in [9.17, 15) is 9.50 Å². The zero-order chi connectivity index (χ0) is 13.3. The van der Waals surface area contributed by atoms with Crippen LogP contribution in [0, 0.1) is 11.2 Å². The van der Waals surface area contributed by atoms with Crippen LogP contribution in [0.1, 0.15) is 24.8 Å². The lowest BCUT2D eigenvalue weighted by molar-refractivity contribution is -0.0359. The van der Waals surface area contributed by atoms with Gasteiger partial charge in [0.05, 0.1) is 0 Å². The Balaban J connectivity index is 1.69. The highest BCUT2D eigenvalue weighted by Gasteiger charge is 2.37. The summed E-state index contributed by atoms with van der Waals surface area (Å²) in [5.74, 6) is 0.567. The Labute approximate surface area is 112 Å². The Kier molecular flexibility index (Phi) is 3.46. The molecule has 4 heteroatoms. The fourth-order valence-electron chi connectivity index (χ4n) is 3.12. The SMILES string of the molecule is OCC1(CC2Cc3cc(F)ccc3O2)CCOCC1. The van der Waals surface area contributed by atoms with Crippen LogP contribution >= 0.6 is 0 Å². The summed E-state index contributed by atoms with van der Waals surface area (Å²) in [4.78, 5) is 0. The van der Waals surface area contributed by atoms with Crippen LogP contribution < -0.4 is 4.74 Å². The fourth-order valence-corrected chi connectivity index (χ4v) is 3.12. The zero-order valence-electron chi connectivity index (χ0n) is 10.9. The van der Waals surface area contributed by atoms with Crippen LogP contribution in [0.2, 0.25) is 0 Å². The second-order valence-electron chi connectivity index (χ2n) is 5.67. The molecule has 1 aromatic rings. The van der Waals surface area contributed by atoms with Crippen molar-refractivity contribution in [2.45, 2.75) is 31.8 Å². The number of aliphatic hydroxyl groups is 1. The molecule has 1 N–H and O–H groups in total. The molecule has 2 aliphatic heterocycles. The summed E-state index contributed by atoms with van der Waals surface area (Å²) >= 11 is 0. The quantitative estimate of drug-likeness (QED) is 0.912. The molecule has 0 radical (unpaired) electrons. The molecule has 1 fully saturated rings. The molecule has 0 aliphatic carbocycles. The third-order valence-electron chi connectivity index (χ3n) is 4.31. The summed E-state index contributed by atoms with van der Waals surface area (Å²) in [5.41, 5.74) is 0.842. The lowest BCUT2D eigenvalue weighted by Gasteiger charge is -2.37. The fraction of sp³-hybridized carbons (Fsp3) is 0.600. The first-order valence-corrected chi connectivity index (χ1v) is 6.84. The molecule has 0 amide bonds. The number of halogens is 1. The average Bonchev–Trinajstić information content (AvgIpc) is 2.81. The van der Waals surface area contributed by atoms with Crippen molar-refractivity contribution < 1.29 is 19.0 Å². The predicted molar refractivity (Wildman–Crippen MR) is 68.7 cm³/mol. The highest BCUT2D eigenvalue weighted by Crippen LogP contribution is 2.39. The first-order chi connectivity index (χ1) is 9.21. The summed E-state index contributed by atoms with van der Waals surface area (Å²) in [5, 5.41) is 9.69. The molecule has 0 spiro atoms. The summed E-state index contributed by atoms with van der Waals surface area (Å²) in [6, 6.07) is 4.67. The lowest BCUT2D eigenvalue weighted by atomic mass is 9.76.